The van der Waals surface area contributed by atoms with Crippen LogP contribution >= 0.6 is 0 Å². The van der Waals surface area contributed by atoms with Crippen molar-refractivity contribution >= 4 is 0 Å². The number of quaternary nitrogens is 1. The third-order valence-corrected chi connectivity index (χ3v) is 2.99. The van der Waals surface area contributed by atoms with E-state index in [1.165, 1.54) is 16.7 Å². The Bertz CT molecular complexity index is 341. The van der Waals surface area contributed by atoms with Crippen LogP contribution in [0.5, 0.6) is 5.75 Å². The Balaban J connectivity index is 2.27. The Morgan fingerprint density at radius 1 is 1.06 bits per heavy atom. The normalized spacial score (nSPS) is 10.7. The van der Waals surface area contributed by atoms with Gasteiger partial charge in [-0.3, -0.25) is 0 Å². The van der Waals surface area contributed by atoms with Gasteiger partial charge in [0, 0.05) is 0 Å². The summed E-state index contributed by atoms with van der Waals surface area (Å²) in [6, 6.07) is 4.33. The van der Waals surface area contributed by atoms with Gasteiger partial charge in [0.1, 0.15) is 5.75 Å². The van der Waals surface area contributed by atoms with Crippen LogP contribution in [0.15, 0.2) is 12.1 Å². The summed E-state index contributed by atoms with van der Waals surface area (Å²) >= 11 is 0. The maximum absolute atomic E-state index is 8.65. The molecule has 3 heteroatoms. The number of aryl methyl sites for hydroxylation is 3. The molecule has 0 spiro atoms. The maximum atomic E-state index is 8.65. The van der Waals surface area contributed by atoms with Crippen LogP contribution in [-0.2, 0) is 0 Å². The molecule has 0 aromatic heterocycles. The average Bonchev–Trinajstić information content (AvgIpc) is 2.30. The molecule has 3 N–H and O–H groups in total. The lowest BCUT2D eigenvalue weighted by Gasteiger charge is -2.12. The third-order valence-electron chi connectivity index (χ3n) is 2.99. The number of benzene rings is 1. The standard InChI is InChI=1S/C15H25NO2/c1-12-10-13(2)15(14(3)11-12)18-9-5-4-6-16-7-8-17/h10-11,16-17H,4-9H2,1-3H3/p+1. The van der Waals surface area contributed by atoms with Gasteiger partial charge in [-0.2, -0.15) is 0 Å². The van der Waals surface area contributed by atoms with E-state index in [1.54, 1.807) is 0 Å². The Labute approximate surface area is 110 Å². The zero-order chi connectivity index (χ0) is 13.4. The van der Waals surface area contributed by atoms with Crippen LogP contribution in [0.2, 0.25) is 0 Å². The van der Waals surface area contributed by atoms with E-state index in [0.29, 0.717) is 0 Å². The number of unbranched alkanes of at least 4 members (excludes halogenated alkanes) is 1. The van der Waals surface area contributed by atoms with Gasteiger partial charge in [0.05, 0.1) is 26.3 Å². The quantitative estimate of drug-likeness (QED) is 0.686. The minimum absolute atomic E-state index is 0.262. The number of aliphatic hydroxyl groups excluding tert-OH is 1. The van der Waals surface area contributed by atoms with Crippen LogP contribution < -0.4 is 10.1 Å². The van der Waals surface area contributed by atoms with Crippen molar-refractivity contribution in [2.75, 3.05) is 26.3 Å². The predicted octanol–water partition coefficient (Wildman–Crippen LogP) is 1.33. The van der Waals surface area contributed by atoms with Crippen LogP contribution in [-0.4, -0.2) is 31.4 Å². The SMILES string of the molecule is Cc1cc(C)c(OCCCC[NH2+]CCO)c(C)c1. The molecule has 0 heterocycles. The zero-order valence-corrected chi connectivity index (χ0v) is 11.8. The van der Waals surface area contributed by atoms with Crippen molar-refractivity contribution in [3.8, 4) is 5.75 Å². The first-order chi connectivity index (χ1) is 8.65. The number of ether oxygens (including phenoxy) is 1. The second-order valence-corrected chi connectivity index (χ2v) is 4.87. The van der Waals surface area contributed by atoms with E-state index in [4.69, 9.17) is 9.84 Å². The topological polar surface area (TPSA) is 46.1 Å². The second kappa shape index (κ2) is 8.11. The molecule has 1 aromatic carbocycles. The molecule has 3 nitrogen and oxygen atoms in total. The lowest BCUT2D eigenvalue weighted by molar-refractivity contribution is -0.656. The summed E-state index contributed by atoms with van der Waals surface area (Å²) < 4.78 is 5.87. The molecule has 0 bridgehead atoms. The number of nitrogens with two attached hydrogens (primary N) is 1. The van der Waals surface area contributed by atoms with Crippen molar-refractivity contribution in [1.82, 2.24) is 0 Å². The Morgan fingerprint density at radius 3 is 2.33 bits per heavy atom. The van der Waals surface area contributed by atoms with Gasteiger partial charge in [0.15, 0.2) is 0 Å². The number of hydrogen-bond donors (Lipinski definition) is 2. The summed E-state index contributed by atoms with van der Waals surface area (Å²) in [6.07, 6.45) is 2.19. The highest BCUT2D eigenvalue weighted by atomic mass is 16.5. The zero-order valence-electron chi connectivity index (χ0n) is 11.8. The van der Waals surface area contributed by atoms with Crippen molar-refractivity contribution in [2.45, 2.75) is 33.6 Å². The molecule has 0 aliphatic carbocycles. The maximum Gasteiger partial charge on any atom is 0.125 e. The van der Waals surface area contributed by atoms with E-state index in [1.807, 2.05) is 0 Å². The van der Waals surface area contributed by atoms with Gasteiger partial charge in [-0.1, -0.05) is 17.7 Å². The van der Waals surface area contributed by atoms with Crippen LogP contribution in [0.1, 0.15) is 29.5 Å². The Kier molecular flexibility index (Phi) is 6.76. The van der Waals surface area contributed by atoms with Crippen LogP contribution in [0.3, 0.4) is 0 Å². The smallest absolute Gasteiger partial charge is 0.125 e. The van der Waals surface area contributed by atoms with Gasteiger partial charge in [-0.15, -0.1) is 0 Å². The molecule has 0 radical (unpaired) electrons. The fourth-order valence-electron chi connectivity index (χ4n) is 2.20. The molecule has 0 atom stereocenters. The van der Waals surface area contributed by atoms with Gasteiger partial charge in [-0.25, -0.2) is 0 Å². The summed E-state index contributed by atoms with van der Waals surface area (Å²) in [5.41, 5.74) is 3.73. The van der Waals surface area contributed by atoms with E-state index in [-0.39, 0.29) is 6.61 Å². The highest BCUT2D eigenvalue weighted by Gasteiger charge is 2.04. The van der Waals surface area contributed by atoms with E-state index >= 15 is 0 Å². The fourth-order valence-corrected chi connectivity index (χ4v) is 2.20. The van der Waals surface area contributed by atoms with Crippen molar-refractivity contribution in [3.05, 3.63) is 28.8 Å². The van der Waals surface area contributed by atoms with Gasteiger partial charge >= 0.3 is 0 Å². The van der Waals surface area contributed by atoms with E-state index in [2.05, 4.69) is 38.2 Å². The molecule has 1 aromatic rings. The molecule has 1 rings (SSSR count). The van der Waals surface area contributed by atoms with E-state index < -0.39 is 0 Å². The van der Waals surface area contributed by atoms with Gasteiger partial charge in [0.25, 0.3) is 0 Å². The highest BCUT2D eigenvalue weighted by Crippen LogP contribution is 2.24. The second-order valence-electron chi connectivity index (χ2n) is 4.87. The fraction of sp³-hybridized carbons (Fsp3) is 0.600. The van der Waals surface area contributed by atoms with E-state index in [9.17, 15) is 0 Å². The summed E-state index contributed by atoms with van der Waals surface area (Å²) in [6.45, 7) is 9.22. The predicted molar refractivity (Wildman–Crippen MR) is 74.1 cm³/mol. The number of hydrogen-bond acceptors (Lipinski definition) is 2. The Hall–Kier alpha value is -1.06. The first-order valence-corrected chi connectivity index (χ1v) is 6.78. The first-order valence-electron chi connectivity index (χ1n) is 6.78. The van der Waals surface area contributed by atoms with Gasteiger partial charge < -0.3 is 15.2 Å². The summed E-state index contributed by atoms with van der Waals surface area (Å²) in [5.74, 6) is 1.04. The van der Waals surface area contributed by atoms with E-state index in [0.717, 1.165) is 38.3 Å². The van der Waals surface area contributed by atoms with Crippen molar-refractivity contribution < 1.29 is 15.2 Å². The largest absolute Gasteiger partial charge is 0.493 e. The summed E-state index contributed by atoms with van der Waals surface area (Å²) in [5, 5.41) is 10.8. The van der Waals surface area contributed by atoms with Gasteiger partial charge in [-0.05, 0) is 44.7 Å². The molecule has 0 aliphatic rings. The molecular formula is C15H26NO2+. The first kappa shape index (κ1) is 15.0. The lowest BCUT2D eigenvalue weighted by atomic mass is 10.1. The molecule has 0 fully saturated rings. The third kappa shape index (κ3) is 5.07. The molecular weight excluding hydrogens is 226 g/mol. The lowest BCUT2D eigenvalue weighted by Crippen LogP contribution is -2.85. The van der Waals surface area contributed by atoms with Crippen molar-refractivity contribution in [1.29, 1.82) is 0 Å². The molecule has 0 aliphatic heterocycles. The summed E-state index contributed by atoms with van der Waals surface area (Å²) in [4.78, 5) is 0. The molecule has 0 saturated carbocycles. The monoisotopic (exact) mass is 252 g/mol. The summed E-state index contributed by atoms with van der Waals surface area (Å²) in [7, 11) is 0. The van der Waals surface area contributed by atoms with Crippen molar-refractivity contribution in [3.63, 3.8) is 0 Å². The minimum Gasteiger partial charge on any atom is -0.493 e. The molecule has 102 valence electrons. The molecule has 0 unspecified atom stereocenters. The van der Waals surface area contributed by atoms with Crippen molar-refractivity contribution in [2.24, 2.45) is 0 Å². The van der Waals surface area contributed by atoms with Gasteiger partial charge in [0.2, 0.25) is 0 Å². The Morgan fingerprint density at radius 2 is 1.72 bits per heavy atom. The molecule has 0 amide bonds. The minimum atomic E-state index is 0.262. The van der Waals surface area contributed by atoms with Crippen LogP contribution in [0.25, 0.3) is 0 Å². The number of rotatable bonds is 8. The number of aliphatic hydroxyl groups is 1. The molecule has 0 saturated heterocycles. The highest BCUT2D eigenvalue weighted by molar-refractivity contribution is 5.42. The average molecular weight is 252 g/mol. The van der Waals surface area contributed by atoms with Crippen LogP contribution in [0.4, 0.5) is 0 Å². The molecule has 18 heavy (non-hydrogen) atoms. The van der Waals surface area contributed by atoms with Crippen LogP contribution in [0, 0.1) is 20.8 Å².